The molecule has 2 heteroatoms. The number of aliphatic hydroxyl groups excluding tert-OH is 1. The number of aliphatic hydroxyl groups is 1. The molecule has 0 bridgehead atoms. The van der Waals surface area contributed by atoms with E-state index < -0.39 is 0 Å². The molecule has 0 aromatic carbocycles. The van der Waals surface area contributed by atoms with Gasteiger partial charge in [0.05, 0.1) is 6.10 Å². The minimum atomic E-state index is -0.0871. The minimum absolute atomic E-state index is 0.0871. The largest absolute Gasteiger partial charge is 0.392 e. The molecule has 0 spiro atoms. The lowest BCUT2D eigenvalue weighted by molar-refractivity contribution is 0.0793. The van der Waals surface area contributed by atoms with E-state index in [9.17, 15) is 5.11 Å². The van der Waals surface area contributed by atoms with Gasteiger partial charge in [0.15, 0.2) is 0 Å². The van der Waals surface area contributed by atoms with Crippen molar-refractivity contribution in [2.45, 2.75) is 76.5 Å². The van der Waals surface area contributed by atoms with E-state index >= 15 is 0 Å². The van der Waals surface area contributed by atoms with Crippen LogP contribution in [0.1, 0.15) is 58.3 Å². The first-order chi connectivity index (χ1) is 7.25. The van der Waals surface area contributed by atoms with E-state index in [1.54, 1.807) is 0 Å². The van der Waals surface area contributed by atoms with Crippen LogP contribution in [0, 0.1) is 5.92 Å². The number of rotatable bonds is 2. The highest BCUT2D eigenvalue weighted by molar-refractivity contribution is 4.85. The summed E-state index contributed by atoms with van der Waals surface area (Å²) in [5, 5.41) is 13.6. The smallest absolute Gasteiger partial charge is 0.0693 e. The molecule has 2 rings (SSSR count). The SMILES string of the molecule is CC1CCCC(N[C@H]2CCCC[C@@H]2O)C1. The van der Waals surface area contributed by atoms with Gasteiger partial charge in [0.1, 0.15) is 0 Å². The van der Waals surface area contributed by atoms with Crippen molar-refractivity contribution in [3.8, 4) is 0 Å². The molecule has 0 aliphatic heterocycles. The summed E-state index contributed by atoms with van der Waals surface area (Å²) in [5.41, 5.74) is 0. The van der Waals surface area contributed by atoms with Gasteiger partial charge in [0.2, 0.25) is 0 Å². The van der Waals surface area contributed by atoms with Crippen molar-refractivity contribution in [2.75, 3.05) is 0 Å². The Morgan fingerprint density at radius 2 is 1.80 bits per heavy atom. The first-order valence-corrected chi connectivity index (χ1v) is 6.70. The van der Waals surface area contributed by atoms with E-state index in [1.165, 1.54) is 44.9 Å². The van der Waals surface area contributed by atoms with Crippen LogP contribution < -0.4 is 5.32 Å². The van der Waals surface area contributed by atoms with Crippen molar-refractivity contribution in [3.05, 3.63) is 0 Å². The average Bonchev–Trinajstić information content (AvgIpc) is 2.22. The minimum Gasteiger partial charge on any atom is -0.392 e. The van der Waals surface area contributed by atoms with Crippen molar-refractivity contribution < 1.29 is 5.11 Å². The highest BCUT2D eigenvalue weighted by atomic mass is 16.3. The average molecular weight is 211 g/mol. The number of hydrogen-bond acceptors (Lipinski definition) is 2. The summed E-state index contributed by atoms with van der Waals surface area (Å²) in [6.45, 7) is 2.35. The van der Waals surface area contributed by atoms with Crippen LogP contribution >= 0.6 is 0 Å². The van der Waals surface area contributed by atoms with Gasteiger partial charge in [-0.2, -0.15) is 0 Å². The summed E-state index contributed by atoms with van der Waals surface area (Å²) >= 11 is 0. The summed E-state index contributed by atoms with van der Waals surface area (Å²) in [5.74, 6) is 0.872. The lowest BCUT2D eigenvalue weighted by atomic mass is 9.85. The maximum Gasteiger partial charge on any atom is 0.0693 e. The second-order valence-corrected chi connectivity index (χ2v) is 5.59. The maximum atomic E-state index is 9.90. The number of nitrogens with one attached hydrogen (secondary N) is 1. The summed E-state index contributed by atoms with van der Waals surface area (Å²) in [6, 6.07) is 1.06. The molecule has 2 saturated carbocycles. The molecule has 2 aliphatic carbocycles. The Balaban J connectivity index is 1.79. The summed E-state index contributed by atoms with van der Waals surface area (Å²) < 4.78 is 0. The van der Waals surface area contributed by atoms with Crippen molar-refractivity contribution in [2.24, 2.45) is 5.92 Å². The Labute approximate surface area is 93.5 Å². The molecule has 0 aromatic rings. The van der Waals surface area contributed by atoms with E-state index in [4.69, 9.17) is 0 Å². The van der Waals surface area contributed by atoms with E-state index in [0.717, 1.165) is 12.3 Å². The molecular weight excluding hydrogens is 186 g/mol. The Morgan fingerprint density at radius 3 is 2.53 bits per heavy atom. The van der Waals surface area contributed by atoms with Gasteiger partial charge in [0.25, 0.3) is 0 Å². The van der Waals surface area contributed by atoms with E-state index in [2.05, 4.69) is 12.2 Å². The van der Waals surface area contributed by atoms with Crippen LogP contribution in [-0.4, -0.2) is 23.3 Å². The Kier molecular flexibility index (Phi) is 4.04. The van der Waals surface area contributed by atoms with Gasteiger partial charge in [-0.1, -0.05) is 32.6 Å². The lowest BCUT2D eigenvalue weighted by Gasteiger charge is -2.35. The van der Waals surface area contributed by atoms with Gasteiger partial charge in [-0.15, -0.1) is 0 Å². The summed E-state index contributed by atoms with van der Waals surface area (Å²) in [4.78, 5) is 0. The lowest BCUT2D eigenvalue weighted by Crippen LogP contribution is -2.48. The molecule has 2 fully saturated rings. The predicted molar refractivity (Wildman–Crippen MR) is 62.8 cm³/mol. The third kappa shape index (κ3) is 3.18. The van der Waals surface area contributed by atoms with Crippen LogP contribution in [0.15, 0.2) is 0 Å². The third-order valence-corrected chi connectivity index (χ3v) is 4.12. The van der Waals surface area contributed by atoms with Gasteiger partial charge in [-0.05, 0) is 31.6 Å². The molecule has 2 aliphatic rings. The molecule has 15 heavy (non-hydrogen) atoms. The topological polar surface area (TPSA) is 32.3 Å². The molecule has 88 valence electrons. The van der Waals surface area contributed by atoms with Gasteiger partial charge in [0, 0.05) is 12.1 Å². The molecule has 2 unspecified atom stereocenters. The standard InChI is InChI=1S/C13H25NO/c1-10-5-4-6-11(9-10)14-12-7-2-3-8-13(12)15/h10-15H,2-9H2,1H3/t10?,11?,12-,13-/m0/s1. The molecule has 0 aromatic heterocycles. The number of hydrogen-bond donors (Lipinski definition) is 2. The Hall–Kier alpha value is -0.0800. The molecule has 4 atom stereocenters. The molecule has 0 amide bonds. The molecule has 0 saturated heterocycles. The van der Waals surface area contributed by atoms with Crippen LogP contribution in [0.4, 0.5) is 0 Å². The Morgan fingerprint density at radius 1 is 1.00 bits per heavy atom. The maximum absolute atomic E-state index is 9.90. The molecule has 2 nitrogen and oxygen atoms in total. The van der Waals surface area contributed by atoms with Gasteiger partial charge >= 0.3 is 0 Å². The van der Waals surface area contributed by atoms with Crippen LogP contribution in [-0.2, 0) is 0 Å². The zero-order valence-electron chi connectivity index (χ0n) is 9.91. The third-order valence-electron chi connectivity index (χ3n) is 4.12. The molecule has 2 N–H and O–H groups in total. The van der Waals surface area contributed by atoms with Crippen molar-refractivity contribution in [1.82, 2.24) is 5.32 Å². The Bertz CT molecular complexity index is 195. The first kappa shape index (κ1) is 11.4. The molecular formula is C13H25NO. The van der Waals surface area contributed by atoms with Crippen molar-refractivity contribution >= 4 is 0 Å². The zero-order chi connectivity index (χ0) is 10.7. The van der Waals surface area contributed by atoms with Gasteiger partial charge in [-0.25, -0.2) is 0 Å². The molecule has 0 heterocycles. The fourth-order valence-electron chi connectivity index (χ4n) is 3.19. The van der Waals surface area contributed by atoms with Crippen LogP contribution in [0.25, 0.3) is 0 Å². The highest BCUT2D eigenvalue weighted by Crippen LogP contribution is 2.26. The zero-order valence-corrected chi connectivity index (χ0v) is 9.91. The van der Waals surface area contributed by atoms with Crippen molar-refractivity contribution in [3.63, 3.8) is 0 Å². The predicted octanol–water partition coefficient (Wildman–Crippen LogP) is 2.46. The van der Waals surface area contributed by atoms with E-state index in [0.29, 0.717) is 12.1 Å². The fourth-order valence-corrected chi connectivity index (χ4v) is 3.19. The van der Waals surface area contributed by atoms with E-state index in [-0.39, 0.29) is 6.10 Å². The quantitative estimate of drug-likeness (QED) is 0.735. The molecule has 0 radical (unpaired) electrons. The van der Waals surface area contributed by atoms with Gasteiger partial charge < -0.3 is 10.4 Å². The monoisotopic (exact) mass is 211 g/mol. The summed E-state index contributed by atoms with van der Waals surface area (Å²) in [7, 11) is 0. The first-order valence-electron chi connectivity index (χ1n) is 6.70. The van der Waals surface area contributed by atoms with Crippen LogP contribution in [0.5, 0.6) is 0 Å². The second-order valence-electron chi connectivity index (χ2n) is 5.59. The highest BCUT2D eigenvalue weighted by Gasteiger charge is 2.27. The normalized spacial score (nSPS) is 42.8. The fraction of sp³-hybridized carbons (Fsp3) is 1.00. The second kappa shape index (κ2) is 5.31. The van der Waals surface area contributed by atoms with Gasteiger partial charge in [-0.3, -0.25) is 0 Å². The summed E-state index contributed by atoms with van der Waals surface area (Å²) in [6.07, 6.45) is 9.96. The van der Waals surface area contributed by atoms with E-state index in [1.807, 2.05) is 0 Å². The van der Waals surface area contributed by atoms with Crippen LogP contribution in [0.2, 0.25) is 0 Å². The van der Waals surface area contributed by atoms with Crippen molar-refractivity contribution in [1.29, 1.82) is 0 Å². The van der Waals surface area contributed by atoms with Crippen LogP contribution in [0.3, 0.4) is 0 Å².